The van der Waals surface area contributed by atoms with E-state index in [0.717, 1.165) is 18.4 Å². The molecule has 0 bridgehead atoms. The maximum absolute atomic E-state index is 13.2. The van der Waals surface area contributed by atoms with E-state index in [2.05, 4.69) is 6.08 Å². The molecule has 1 aliphatic heterocycles. The van der Waals surface area contributed by atoms with E-state index >= 15 is 0 Å². The molecule has 1 saturated heterocycles. The standard InChI is InChI=1S/C25H36O7/c1-14(2)20-17(11-15(3)9-8-10-25(4)23(32-25)21(20)26)31-24(27)16-12-18(28-5)22(30-7)19(13-16)29-6/h9,12-14,17,20-21,23,26H,8,10-11H2,1-7H3/t17-,20?,21?,23+,25-/m0/s1. The second-order valence-electron chi connectivity index (χ2n) is 9.31. The zero-order valence-electron chi connectivity index (χ0n) is 20.1. The quantitative estimate of drug-likeness (QED) is 0.397. The molecule has 1 aliphatic carbocycles. The fourth-order valence-corrected chi connectivity index (χ4v) is 4.80. The number of aliphatic hydroxyl groups is 1. The number of carbonyl (C=O) groups excluding carboxylic acids is 1. The number of allylic oxidation sites excluding steroid dienone is 1. The van der Waals surface area contributed by atoms with Crippen molar-refractivity contribution < 1.29 is 33.6 Å². The number of epoxide rings is 1. The Morgan fingerprint density at radius 2 is 1.78 bits per heavy atom. The predicted octanol–water partition coefficient (Wildman–Crippen LogP) is 4.16. The summed E-state index contributed by atoms with van der Waals surface area (Å²) in [5.74, 6) is 0.477. The van der Waals surface area contributed by atoms with Crippen LogP contribution in [0.5, 0.6) is 17.2 Å². The van der Waals surface area contributed by atoms with Crippen LogP contribution in [0.15, 0.2) is 23.8 Å². The SMILES string of the molecule is COc1cc(C(=O)O[C@H]2CC(C)=CCC[C@]3(C)O[C@@H]3C(O)C2C(C)C)cc(OC)c1OC. The molecule has 5 atom stereocenters. The van der Waals surface area contributed by atoms with Gasteiger partial charge in [-0.1, -0.05) is 25.5 Å². The summed E-state index contributed by atoms with van der Waals surface area (Å²) in [6.45, 7) is 8.16. The number of hydrogen-bond acceptors (Lipinski definition) is 7. The average Bonchev–Trinajstić information content (AvgIpc) is 3.43. The molecule has 3 rings (SSSR count). The molecule has 1 aromatic carbocycles. The van der Waals surface area contributed by atoms with Crippen LogP contribution in [0.25, 0.3) is 0 Å². The summed E-state index contributed by atoms with van der Waals surface area (Å²) < 4.78 is 28.1. The van der Waals surface area contributed by atoms with Gasteiger partial charge in [0.2, 0.25) is 5.75 Å². The Kier molecular flexibility index (Phi) is 7.40. The maximum Gasteiger partial charge on any atom is 0.338 e. The third-order valence-electron chi connectivity index (χ3n) is 6.66. The molecule has 1 N–H and O–H groups in total. The molecule has 7 nitrogen and oxygen atoms in total. The second-order valence-corrected chi connectivity index (χ2v) is 9.31. The Labute approximate surface area is 190 Å². The van der Waals surface area contributed by atoms with Gasteiger partial charge in [0.05, 0.1) is 38.6 Å². The van der Waals surface area contributed by atoms with Crippen LogP contribution in [0, 0.1) is 11.8 Å². The van der Waals surface area contributed by atoms with E-state index < -0.39 is 18.2 Å². The lowest BCUT2D eigenvalue weighted by Gasteiger charge is -2.34. The van der Waals surface area contributed by atoms with Crippen LogP contribution in [0.3, 0.4) is 0 Å². The normalized spacial score (nSPS) is 30.1. The number of carbonyl (C=O) groups is 1. The zero-order valence-corrected chi connectivity index (χ0v) is 20.1. The Hall–Kier alpha value is -2.25. The summed E-state index contributed by atoms with van der Waals surface area (Å²) in [6, 6.07) is 3.16. The number of hydrogen-bond donors (Lipinski definition) is 1. The lowest BCUT2D eigenvalue weighted by Crippen LogP contribution is -2.43. The van der Waals surface area contributed by atoms with E-state index in [1.807, 2.05) is 27.7 Å². The highest BCUT2D eigenvalue weighted by molar-refractivity contribution is 5.91. The number of ether oxygens (including phenoxy) is 5. The molecular formula is C25H36O7. The summed E-state index contributed by atoms with van der Waals surface area (Å²) in [5.41, 5.74) is 1.10. The van der Waals surface area contributed by atoms with E-state index in [1.165, 1.54) is 21.3 Å². The van der Waals surface area contributed by atoms with E-state index in [9.17, 15) is 9.90 Å². The van der Waals surface area contributed by atoms with E-state index in [4.69, 9.17) is 23.7 Å². The molecule has 0 saturated carbocycles. The highest BCUT2D eigenvalue weighted by Crippen LogP contribution is 2.47. The van der Waals surface area contributed by atoms with Gasteiger partial charge in [-0.15, -0.1) is 0 Å². The first kappa shape index (κ1) is 24.4. The number of aliphatic hydroxyl groups excluding tert-OH is 1. The van der Waals surface area contributed by atoms with Gasteiger partial charge in [-0.05, 0) is 44.7 Å². The van der Waals surface area contributed by atoms with Crippen molar-refractivity contribution in [2.75, 3.05) is 21.3 Å². The molecule has 178 valence electrons. The van der Waals surface area contributed by atoms with Gasteiger partial charge in [0.25, 0.3) is 0 Å². The molecular weight excluding hydrogens is 412 g/mol. The third-order valence-corrected chi connectivity index (χ3v) is 6.66. The molecule has 1 heterocycles. The van der Waals surface area contributed by atoms with Gasteiger partial charge in [-0.25, -0.2) is 4.79 Å². The van der Waals surface area contributed by atoms with Crippen molar-refractivity contribution in [3.8, 4) is 17.2 Å². The summed E-state index contributed by atoms with van der Waals surface area (Å²) in [6.07, 6.45) is 3.00. The molecule has 0 amide bonds. The number of esters is 1. The average molecular weight is 449 g/mol. The van der Waals surface area contributed by atoms with Gasteiger partial charge in [0.15, 0.2) is 11.5 Å². The Balaban J connectivity index is 1.93. The van der Waals surface area contributed by atoms with E-state index in [1.54, 1.807) is 12.1 Å². The van der Waals surface area contributed by atoms with Gasteiger partial charge in [-0.3, -0.25) is 0 Å². The van der Waals surface area contributed by atoms with E-state index in [-0.39, 0.29) is 23.5 Å². The van der Waals surface area contributed by atoms with Crippen LogP contribution >= 0.6 is 0 Å². The minimum atomic E-state index is -0.719. The maximum atomic E-state index is 13.2. The van der Waals surface area contributed by atoms with Crippen molar-refractivity contribution in [2.45, 2.75) is 70.9 Å². The lowest BCUT2D eigenvalue weighted by atomic mass is 9.78. The molecule has 2 aliphatic rings. The van der Waals surface area contributed by atoms with Crippen molar-refractivity contribution in [1.29, 1.82) is 0 Å². The van der Waals surface area contributed by atoms with Crippen molar-refractivity contribution >= 4 is 5.97 Å². The van der Waals surface area contributed by atoms with Gasteiger partial charge >= 0.3 is 5.97 Å². The Morgan fingerprint density at radius 3 is 2.31 bits per heavy atom. The van der Waals surface area contributed by atoms with Crippen LogP contribution in [-0.2, 0) is 9.47 Å². The highest BCUT2D eigenvalue weighted by atomic mass is 16.6. The molecule has 2 unspecified atom stereocenters. The first-order chi connectivity index (χ1) is 15.1. The van der Waals surface area contributed by atoms with Crippen LogP contribution in [-0.4, -0.2) is 56.3 Å². The van der Waals surface area contributed by atoms with Gasteiger partial charge < -0.3 is 28.8 Å². The van der Waals surface area contributed by atoms with Crippen LogP contribution in [0.2, 0.25) is 0 Å². The molecule has 7 heteroatoms. The van der Waals surface area contributed by atoms with Crippen molar-refractivity contribution in [2.24, 2.45) is 11.8 Å². The Morgan fingerprint density at radius 1 is 1.16 bits per heavy atom. The summed E-state index contributed by atoms with van der Waals surface area (Å²) in [4.78, 5) is 13.2. The largest absolute Gasteiger partial charge is 0.493 e. The zero-order chi connectivity index (χ0) is 23.6. The molecule has 32 heavy (non-hydrogen) atoms. The third kappa shape index (κ3) is 4.89. The van der Waals surface area contributed by atoms with Gasteiger partial charge in [0.1, 0.15) is 12.2 Å². The minimum Gasteiger partial charge on any atom is -0.493 e. The summed E-state index contributed by atoms with van der Waals surface area (Å²) in [7, 11) is 4.51. The van der Waals surface area contributed by atoms with Crippen LogP contribution < -0.4 is 14.2 Å². The van der Waals surface area contributed by atoms with Crippen LogP contribution in [0.4, 0.5) is 0 Å². The van der Waals surface area contributed by atoms with Crippen LogP contribution in [0.1, 0.15) is 57.3 Å². The minimum absolute atomic E-state index is 0.0865. The molecule has 0 aromatic heterocycles. The van der Waals surface area contributed by atoms with Gasteiger partial charge in [0, 0.05) is 12.3 Å². The van der Waals surface area contributed by atoms with Crippen molar-refractivity contribution in [3.05, 3.63) is 29.3 Å². The number of fused-ring (bicyclic) bond motifs is 1. The van der Waals surface area contributed by atoms with Gasteiger partial charge in [-0.2, -0.15) is 0 Å². The van der Waals surface area contributed by atoms with Crippen molar-refractivity contribution in [3.63, 3.8) is 0 Å². The predicted molar refractivity (Wildman–Crippen MR) is 121 cm³/mol. The number of methoxy groups -OCH3 is 3. The number of rotatable bonds is 6. The topological polar surface area (TPSA) is 86.8 Å². The fourth-order valence-electron chi connectivity index (χ4n) is 4.80. The lowest BCUT2D eigenvalue weighted by molar-refractivity contribution is -0.0419. The molecule has 1 aromatic rings. The highest BCUT2D eigenvalue weighted by Gasteiger charge is 2.58. The fraction of sp³-hybridized carbons (Fsp3) is 0.640. The van der Waals surface area contributed by atoms with Crippen molar-refractivity contribution in [1.82, 2.24) is 0 Å². The molecule has 0 spiro atoms. The summed E-state index contributed by atoms with van der Waals surface area (Å²) >= 11 is 0. The summed E-state index contributed by atoms with van der Waals surface area (Å²) in [5, 5.41) is 11.2. The Bertz CT molecular complexity index is 837. The van der Waals surface area contributed by atoms with E-state index in [0.29, 0.717) is 29.2 Å². The smallest absolute Gasteiger partial charge is 0.338 e. The number of benzene rings is 1. The molecule has 0 radical (unpaired) electrons. The first-order valence-electron chi connectivity index (χ1n) is 11.2. The first-order valence-corrected chi connectivity index (χ1v) is 11.2. The molecule has 1 fully saturated rings. The second kappa shape index (κ2) is 9.71. The monoisotopic (exact) mass is 448 g/mol.